The minimum atomic E-state index is -0.652. The molecule has 5 heterocycles. The van der Waals surface area contributed by atoms with Gasteiger partial charge in [-0.1, -0.05) is 57.2 Å². The van der Waals surface area contributed by atoms with Crippen molar-refractivity contribution in [1.29, 1.82) is 0 Å². The fourth-order valence-corrected chi connectivity index (χ4v) is 8.01. The summed E-state index contributed by atoms with van der Waals surface area (Å²) in [6.45, 7) is 6.77. The van der Waals surface area contributed by atoms with Crippen LogP contribution in [0.25, 0.3) is 21.2 Å². The average molecular weight is 538 g/mol. The molecular formula is C35H27N3OS+2. The van der Waals surface area contributed by atoms with Crippen LogP contribution >= 0.6 is 11.3 Å². The van der Waals surface area contributed by atoms with Crippen LogP contribution in [-0.2, 0) is 11.1 Å². The summed E-state index contributed by atoms with van der Waals surface area (Å²) in [5, 5.41) is 3.65. The fourth-order valence-electron chi connectivity index (χ4n) is 7.05. The number of rotatable bonds is 1. The summed E-state index contributed by atoms with van der Waals surface area (Å²) in [5.74, 6) is 2.88. The molecule has 0 radical (unpaired) electrons. The first kappa shape index (κ1) is 22.3. The highest BCUT2D eigenvalue weighted by Gasteiger charge is 2.66. The smallest absolute Gasteiger partial charge is 0.378 e. The number of hydrogen-bond donors (Lipinski definition) is 0. The molecule has 0 N–H and O–H groups in total. The lowest BCUT2D eigenvalue weighted by Crippen LogP contribution is -2.78. The molecule has 6 aromatic rings. The first-order valence-corrected chi connectivity index (χ1v) is 14.7. The molecule has 0 saturated carbocycles. The number of thiophene rings is 1. The lowest BCUT2D eigenvalue weighted by atomic mass is 9.74. The molecule has 1 atom stereocenters. The second-order valence-electron chi connectivity index (χ2n) is 11.9. The van der Waals surface area contributed by atoms with E-state index in [1.807, 2.05) is 11.3 Å². The number of benzene rings is 3. The van der Waals surface area contributed by atoms with Crippen molar-refractivity contribution in [2.45, 2.75) is 31.8 Å². The third-order valence-corrected chi connectivity index (χ3v) is 9.70. The minimum absolute atomic E-state index is 0.00126. The molecule has 9 rings (SSSR count). The van der Waals surface area contributed by atoms with Crippen LogP contribution in [0, 0.1) is 0 Å². The van der Waals surface area contributed by atoms with Crippen LogP contribution in [-0.4, -0.2) is 0 Å². The van der Waals surface area contributed by atoms with E-state index in [4.69, 9.17) is 4.74 Å². The predicted molar refractivity (Wildman–Crippen MR) is 159 cm³/mol. The molecule has 40 heavy (non-hydrogen) atoms. The number of fused-ring (bicyclic) bond motifs is 3. The Morgan fingerprint density at radius 2 is 1.62 bits per heavy atom. The highest BCUT2D eigenvalue weighted by molar-refractivity contribution is 7.17. The number of pyridine rings is 2. The van der Waals surface area contributed by atoms with Crippen LogP contribution in [0.1, 0.15) is 37.5 Å². The van der Waals surface area contributed by atoms with Gasteiger partial charge in [0.15, 0.2) is 6.20 Å². The maximum atomic E-state index is 6.80. The lowest BCUT2D eigenvalue weighted by Gasteiger charge is -2.41. The van der Waals surface area contributed by atoms with E-state index in [9.17, 15) is 0 Å². The van der Waals surface area contributed by atoms with Gasteiger partial charge in [-0.05, 0) is 52.8 Å². The molecule has 1 spiro atoms. The van der Waals surface area contributed by atoms with Gasteiger partial charge in [-0.2, -0.15) is 9.47 Å². The van der Waals surface area contributed by atoms with Crippen LogP contribution in [0.2, 0.25) is 0 Å². The summed E-state index contributed by atoms with van der Waals surface area (Å²) in [7, 11) is 0. The Hall–Kier alpha value is -4.48. The summed E-state index contributed by atoms with van der Waals surface area (Å²) >= 11 is 1.82. The van der Waals surface area contributed by atoms with Gasteiger partial charge < -0.3 is 4.74 Å². The molecule has 1 unspecified atom stereocenters. The van der Waals surface area contributed by atoms with Gasteiger partial charge in [0.1, 0.15) is 28.3 Å². The monoisotopic (exact) mass is 537 g/mol. The van der Waals surface area contributed by atoms with Gasteiger partial charge in [0.2, 0.25) is 0 Å². The van der Waals surface area contributed by atoms with E-state index >= 15 is 0 Å². The van der Waals surface area contributed by atoms with E-state index in [2.05, 4.69) is 144 Å². The third-order valence-electron chi connectivity index (χ3n) is 8.75. The van der Waals surface area contributed by atoms with Crippen molar-refractivity contribution in [3.8, 4) is 22.8 Å². The maximum absolute atomic E-state index is 6.80. The van der Waals surface area contributed by atoms with Crippen LogP contribution in [0.15, 0.2) is 109 Å². The molecule has 3 aliphatic rings. The molecule has 3 aromatic carbocycles. The van der Waals surface area contributed by atoms with E-state index < -0.39 is 5.66 Å². The number of para-hydroxylation sites is 1. The van der Waals surface area contributed by atoms with E-state index in [1.165, 1.54) is 43.6 Å². The number of aromatic nitrogens is 2. The molecule has 0 saturated heterocycles. The third kappa shape index (κ3) is 2.57. The van der Waals surface area contributed by atoms with Crippen molar-refractivity contribution in [1.82, 2.24) is 0 Å². The van der Waals surface area contributed by atoms with Crippen molar-refractivity contribution in [3.05, 3.63) is 125 Å². The Kier molecular flexibility index (Phi) is 4.12. The first-order valence-electron chi connectivity index (χ1n) is 13.8. The molecule has 4 nitrogen and oxygen atoms in total. The zero-order valence-corrected chi connectivity index (χ0v) is 23.4. The quantitative estimate of drug-likeness (QED) is 0.198. The van der Waals surface area contributed by atoms with Crippen molar-refractivity contribution < 1.29 is 13.9 Å². The Labute approximate surface area is 237 Å². The number of nitrogens with zero attached hydrogens (tertiary/aromatic N) is 3. The predicted octanol–water partition coefficient (Wildman–Crippen LogP) is 7.94. The topological polar surface area (TPSA) is 20.2 Å². The van der Waals surface area contributed by atoms with Gasteiger partial charge in [-0.3, -0.25) is 0 Å². The normalized spacial score (nSPS) is 17.6. The van der Waals surface area contributed by atoms with Crippen molar-refractivity contribution in [2.75, 3.05) is 4.90 Å². The molecule has 5 heteroatoms. The lowest BCUT2D eigenvalue weighted by molar-refractivity contribution is -0.969. The molecule has 3 aromatic heterocycles. The molecule has 0 bridgehead atoms. The van der Waals surface area contributed by atoms with E-state index in [0.29, 0.717) is 0 Å². The summed E-state index contributed by atoms with van der Waals surface area (Å²) in [5.41, 5.74) is 7.96. The zero-order valence-electron chi connectivity index (χ0n) is 22.6. The summed E-state index contributed by atoms with van der Waals surface area (Å²) < 4.78 is 12.9. The van der Waals surface area contributed by atoms with Crippen LogP contribution in [0.5, 0.6) is 11.6 Å². The molecular weight excluding hydrogens is 510 g/mol. The van der Waals surface area contributed by atoms with E-state index in [1.54, 1.807) is 0 Å². The molecule has 192 valence electrons. The second-order valence-corrected chi connectivity index (χ2v) is 12.8. The van der Waals surface area contributed by atoms with Gasteiger partial charge >= 0.3 is 11.5 Å². The molecule has 1 aliphatic carbocycles. The zero-order chi connectivity index (χ0) is 26.8. The van der Waals surface area contributed by atoms with Gasteiger partial charge in [-0.25, -0.2) is 0 Å². The Bertz CT molecular complexity index is 2040. The molecule has 2 aliphatic heterocycles. The second kappa shape index (κ2) is 7.38. The first-order chi connectivity index (χ1) is 19.5. The maximum Gasteiger partial charge on any atom is 0.378 e. The highest BCUT2D eigenvalue weighted by atomic mass is 32.1. The van der Waals surface area contributed by atoms with Crippen LogP contribution < -0.4 is 18.8 Å². The summed E-state index contributed by atoms with van der Waals surface area (Å²) in [6.07, 6.45) is 4.49. The SMILES string of the molecule is CC(C)(C)c1cc[n+]2c(c1)Oc1cccc3c1C21c2c(ccc4scc-3c24)N(c2ccccc2)c2cccc[n+]21. The number of hydrogen-bond acceptors (Lipinski definition) is 3. The average Bonchev–Trinajstić information content (AvgIpc) is 3.41. The number of ether oxygens (including phenoxy) is 1. The van der Waals surface area contributed by atoms with Crippen LogP contribution in [0.3, 0.4) is 0 Å². The molecule has 0 amide bonds. The van der Waals surface area contributed by atoms with E-state index in [-0.39, 0.29) is 5.41 Å². The Morgan fingerprint density at radius 3 is 2.48 bits per heavy atom. The van der Waals surface area contributed by atoms with Gasteiger partial charge in [0, 0.05) is 33.3 Å². The van der Waals surface area contributed by atoms with Gasteiger partial charge in [0.25, 0.3) is 5.82 Å². The van der Waals surface area contributed by atoms with E-state index in [0.717, 1.165) is 23.1 Å². The highest BCUT2D eigenvalue weighted by Crippen LogP contribution is 2.59. The van der Waals surface area contributed by atoms with Crippen LogP contribution in [0.4, 0.5) is 17.2 Å². The van der Waals surface area contributed by atoms with Gasteiger partial charge in [-0.15, -0.1) is 15.9 Å². The largest absolute Gasteiger partial charge is 0.404 e. The summed E-state index contributed by atoms with van der Waals surface area (Å²) in [4.78, 5) is 2.41. The standard InChI is InChI=1S/C35H27N3OS/c1-34(2,3)22-17-19-37-30(20-22)39-27-13-9-12-24-25-21-40-28-16-15-26-33(31(25)28)35(37,32(24)27)36-18-8-7-14-29(36)38(26)23-10-5-4-6-11-23/h4-21H,1-3H3/q+2. The minimum Gasteiger partial charge on any atom is -0.404 e. The molecule has 0 fully saturated rings. The Balaban J connectivity index is 1.52. The van der Waals surface area contributed by atoms with Crippen molar-refractivity contribution >= 4 is 38.6 Å². The number of anilines is 3. The van der Waals surface area contributed by atoms with Gasteiger partial charge in [0.05, 0.1) is 12.3 Å². The summed E-state index contributed by atoms with van der Waals surface area (Å²) in [6, 6.07) is 32.9. The Morgan fingerprint density at radius 1 is 0.775 bits per heavy atom. The van der Waals surface area contributed by atoms with Crippen molar-refractivity contribution in [2.24, 2.45) is 0 Å². The fraction of sp³-hybridized carbons (Fsp3) is 0.143. The van der Waals surface area contributed by atoms with Crippen molar-refractivity contribution in [3.63, 3.8) is 0 Å².